The molecule has 0 bridgehead atoms. The molecule has 1 aliphatic heterocycles. The van der Waals surface area contributed by atoms with E-state index in [0.29, 0.717) is 6.04 Å². The third-order valence-corrected chi connectivity index (χ3v) is 3.98. The maximum atomic E-state index is 4.32. The first-order valence-electron chi connectivity index (χ1n) is 6.75. The Morgan fingerprint density at radius 2 is 2.06 bits per heavy atom. The number of nitrogens with one attached hydrogen (secondary N) is 1. The molecule has 2 aliphatic rings. The molecule has 1 saturated carbocycles. The van der Waals surface area contributed by atoms with Gasteiger partial charge in [0, 0.05) is 24.8 Å². The topological polar surface area (TPSA) is 33.1 Å². The molecule has 2 heterocycles. The van der Waals surface area contributed by atoms with Gasteiger partial charge in [-0.25, -0.2) is 4.98 Å². The van der Waals surface area contributed by atoms with E-state index < -0.39 is 0 Å². The van der Waals surface area contributed by atoms with Crippen LogP contribution in [-0.2, 0) is 6.54 Å². The van der Waals surface area contributed by atoms with Crippen LogP contribution in [0, 0.1) is 0 Å². The predicted octanol–water partition coefficient (Wildman–Crippen LogP) is 1.40. The smallest absolute Gasteiger partial charge is 0.0951 e. The van der Waals surface area contributed by atoms with Crippen LogP contribution in [-0.4, -0.2) is 40.6 Å². The Hall–Kier alpha value is -0.870. The average Bonchev–Trinajstić information content (AvgIpc) is 3.06. The van der Waals surface area contributed by atoms with Crippen molar-refractivity contribution >= 4 is 0 Å². The van der Waals surface area contributed by atoms with Crippen molar-refractivity contribution in [3.8, 4) is 0 Å². The Kier molecular flexibility index (Phi) is 3.16. The number of piperidine rings is 1. The molecule has 0 radical (unpaired) electrons. The van der Waals surface area contributed by atoms with E-state index in [-0.39, 0.29) is 0 Å². The third-order valence-electron chi connectivity index (χ3n) is 3.98. The molecule has 2 fully saturated rings. The van der Waals surface area contributed by atoms with E-state index >= 15 is 0 Å². The highest BCUT2D eigenvalue weighted by molar-refractivity contribution is 5.02. The zero-order chi connectivity index (χ0) is 11.7. The predicted molar refractivity (Wildman–Crippen MR) is 67.9 cm³/mol. The standard InChI is InChI=1S/C13H22N4/c1-16-6-4-12(5-7-16)17-10-14-8-13(17)9-15-11-2-3-11/h8,10-12,15H,2-7,9H2,1H3. The molecule has 0 aromatic carbocycles. The highest BCUT2D eigenvalue weighted by Crippen LogP contribution is 2.24. The number of hydrogen-bond acceptors (Lipinski definition) is 3. The molecule has 4 nitrogen and oxygen atoms in total. The fourth-order valence-corrected chi connectivity index (χ4v) is 2.61. The molecule has 1 saturated heterocycles. The van der Waals surface area contributed by atoms with E-state index in [9.17, 15) is 0 Å². The Labute approximate surface area is 103 Å². The first-order valence-corrected chi connectivity index (χ1v) is 6.75. The van der Waals surface area contributed by atoms with Gasteiger partial charge in [0.2, 0.25) is 0 Å². The second-order valence-corrected chi connectivity index (χ2v) is 5.48. The fourth-order valence-electron chi connectivity index (χ4n) is 2.61. The van der Waals surface area contributed by atoms with Gasteiger partial charge >= 0.3 is 0 Å². The van der Waals surface area contributed by atoms with Crippen LogP contribution in [0.1, 0.15) is 37.4 Å². The Morgan fingerprint density at radius 1 is 1.29 bits per heavy atom. The van der Waals surface area contributed by atoms with Crippen LogP contribution in [0.3, 0.4) is 0 Å². The van der Waals surface area contributed by atoms with Gasteiger partial charge in [-0.3, -0.25) is 0 Å². The van der Waals surface area contributed by atoms with Crippen molar-refractivity contribution in [2.75, 3.05) is 20.1 Å². The largest absolute Gasteiger partial charge is 0.330 e. The van der Waals surface area contributed by atoms with E-state index in [4.69, 9.17) is 0 Å². The molecule has 1 aromatic rings. The van der Waals surface area contributed by atoms with Crippen LogP contribution in [0.4, 0.5) is 0 Å². The molecule has 0 atom stereocenters. The number of aromatic nitrogens is 2. The molecule has 17 heavy (non-hydrogen) atoms. The van der Waals surface area contributed by atoms with Crippen molar-refractivity contribution in [2.24, 2.45) is 0 Å². The monoisotopic (exact) mass is 234 g/mol. The van der Waals surface area contributed by atoms with Crippen molar-refractivity contribution in [1.29, 1.82) is 0 Å². The van der Waals surface area contributed by atoms with E-state index in [1.165, 1.54) is 44.5 Å². The van der Waals surface area contributed by atoms with Crippen LogP contribution >= 0.6 is 0 Å². The van der Waals surface area contributed by atoms with Crippen molar-refractivity contribution in [1.82, 2.24) is 19.8 Å². The average molecular weight is 234 g/mol. The van der Waals surface area contributed by atoms with E-state index in [1.807, 2.05) is 12.5 Å². The van der Waals surface area contributed by atoms with Gasteiger partial charge in [-0.05, 0) is 45.8 Å². The highest BCUT2D eigenvalue weighted by atomic mass is 15.2. The van der Waals surface area contributed by atoms with Gasteiger partial charge in [0.05, 0.1) is 12.0 Å². The fraction of sp³-hybridized carbons (Fsp3) is 0.769. The van der Waals surface area contributed by atoms with Gasteiger partial charge in [-0.1, -0.05) is 0 Å². The number of imidazole rings is 1. The quantitative estimate of drug-likeness (QED) is 0.855. The van der Waals surface area contributed by atoms with Crippen molar-refractivity contribution in [3.05, 3.63) is 18.2 Å². The molecule has 4 heteroatoms. The summed E-state index contributed by atoms with van der Waals surface area (Å²) < 4.78 is 2.39. The number of hydrogen-bond donors (Lipinski definition) is 1. The number of rotatable bonds is 4. The van der Waals surface area contributed by atoms with Gasteiger partial charge in [0.15, 0.2) is 0 Å². The molecule has 0 spiro atoms. The first-order chi connectivity index (χ1) is 8.33. The number of nitrogens with zero attached hydrogens (tertiary/aromatic N) is 3. The van der Waals surface area contributed by atoms with Gasteiger partial charge < -0.3 is 14.8 Å². The van der Waals surface area contributed by atoms with E-state index in [1.54, 1.807) is 0 Å². The molecule has 1 N–H and O–H groups in total. The minimum absolute atomic E-state index is 0.657. The zero-order valence-corrected chi connectivity index (χ0v) is 10.6. The highest BCUT2D eigenvalue weighted by Gasteiger charge is 2.23. The Morgan fingerprint density at radius 3 is 2.76 bits per heavy atom. The molecule has 94 valence electrons. The van der Waals surface area contributed by atoms with Crippen LogP contribution in [0.15, 0.2) is 12.5 Å². The summed E-state index contributed by atoms with van der Waals surface area (Å²) in [6.07, 6.45) is 9.24. The van der Waals surface area contributed by atoms with E-state index in [2.05, 4.69) is 26.8 Å². The molecule has 0 amide bonds. The van der Waals surface area contributed by atoms with Crippen molar-refractivity contribution < 1.29 is 0 Å². The summed E-state index contributed by atoms with van der Waals surface area (Å²) in [5, 5.41) is 3.58. The summed E-state index contributed by atoms with van der Waals surface area (Å²) in [7, 11) is 2.21. The van der Waals surface area contributed by atoms with E-state index in [0.717, 1.165) is 12.6 Å². The normalized spacial score (nSPS) is 23.1. The third kappa shape index (κ3) is 2.69. The summed E-state index contributed by atoms with van der Waals surface area (Å²) in [5.74, 6) is 0. The molecular formula is C13H22N4. The minimum atomic E-state index is 0.657. The lowest BCUT2D eigenvalue weighted by Gasteiger charge is -2.30. The van der Waals surface area contributed by atoms with Crippen LogP contribution in [0.5, 0.6) is 0 Å². The van der Waals surface area contributed by atoms with Gasteiger partial charge in [0.25, 0.3) is 0 Å². The molecule has 3 rings (SSSR count). The van der Waals surface area contributed by atoms with Gasteiger partial charge in [-0.2, -0.15) is 0 Å². The maximum Gasteiger partial charge on any atom is 0.0951 e. The van der Waals surface area contributed by atoms with Crippen molar-refractivity contribution in [2.45, 2.75) is 44.3 Å². The number of likely N-dealkylation sites (tertiary alicyclic amines) is 1. The second-order valence-electron chi connectivity index (χ2n) is 5.48. The summed E-state index contributed by atoms with van der Waals surface area (Å²) in [6, 6.07) is 1.43. The molecule has 0 unspecified atom stereocenters. The molecule has 1 aromatic heterocycles. The summed E-state index contributed by atoms with van der Waals surface area (Å²) >= 11 is 0. The SMILES string of the molecule is CN1CCC(n2cncc2CNC2CC2)CC1. The molecule has 1 aliphatic carbocycles. The summed E-state index contributed by atoms with van der Waals surface area (Å²) in [5.41, 5.74) is 1.35. The lowest BCUT2D eigenvalue weighted by atomic mass is 10.1. The lowest BCUT2D eigenvalue weighted by molar-refractivity contribution is 0.218. The summed E-state index contributed by atoms with van der Waals surface area (Å²) in [6.45, 7) is 3.40. The Balaban J connectivity index is 1.62. The summed E-state index contributed by atoms with van der Waals surface area (Å²) in [4.78, 5) is 6.74. The van der Waals surface area contributed by atoms with Crippen molar-refractivity contribution in [3.63, 3.8) is 0 Å². The first kappa shape index (κ1) is 11.2. The minimum Gasteiger partial charge on any atom is -0.330 e. The van der Waals surface area contributed by atoms with Crippen LogP contribution in [0.2, 0.25) is 0 Å². The Bertz CT molecular complexity index is 361. The van der Waals surface area contributed by atoms with Gasteiger partial charge in [0.1, 0.15) is 0 Å². The van der Waals surface area contributed by atoms with Crippen LogP contribution in [0.25, 0.3) is 0 Å². The lowest BCUT2D eigenvalue weighted by Crippen LogP contribution is -2.32. The molecular weight excluding hydrogens is 212 g/mol. The van der Waals surface area contributed by atoms with Gasteiger partial charge in [-0.15, -0.1) is 0 Å². The maximum absolute atomic E-state index is 4.32. The van der Waals surface area contributed by atoms with Crippen LogP contribution < -0.4 is 5.32 Å². The second kappa shape index (κ2) is 4.78. The zero-order valence-electron chi connectivity index (χ0n) is 10.6.